The topological polar surface area (TPSA) is 262 Å². The van der Waals surface area contributed by atoms with Crippen LogP contribution in [0.1, 0.15) is 106 Å². The first-order chi connectivity index (χ1) is 31.7. The molecule has 0 radical (unpaired) electrons. The molecule has 0 bridgehead atoms. The van der Waals surface area contributed by atoms with E-state index in [2.05, 4.69) is 33.8 Å². The lowest BCUT2D eigenvalue weighted by Gasteiger charge is -2.60. The van der Waals surface area contributed by atoms with Crippen molar-refractivity contribution in [2.45, 2.75) is 216 Å². The summed E-state index contributed by atoms with van der Waals surface area (Å²) in [5.41, 5.74) is 0.538. The van der Waals surface area contributed by atoms with Gasteiger partial charge in [0.15, 0.2) is 36.9 Å². The Morgan fingerprint density at radius 1 is 0.821 bits per heavy atom. The minimum atomic E-state index is -1.80. The molecule has 382 valence electrons. The Labute approximate surface area is 393 Å². The lowest BCUT2D eigenvalue weighted by Crippen LogP contribution is -2.65. The molecule has 9 aliphatic rings. The molecule has 0 aromatic carbocycles. The Balaban J connectivity index is 1.03. The number of allylic oxidation sites excluding steroid dienone is 1. The van der Waals surface area contributed by atoms with Gasteiger partial charge < -0.3 is 83.5 Å². The molecular formula is C49H78O18. The van der Waals surface area contributed by atoms with Crippen molar-refractivity contribution in [1.29, 1.82) is 0 Å². The molecular weight excluding hydrogens is 877 g/mol. The second kappa shape index (κ2) is 19.2. The Morgan fingerprint density at radius 3 is 2.25 bits per heavy atom. The first kappa shape index (κ1) is 50.5. The minimum absolute atomic E-state index is 0.0316. The third kappa shape index (κ3) is 8.69. The molecule has 9 rings (SSSR count). The largest absolute Gasteiger partial charge is 0.455 e. The van der Waals surface area contributed by atoms with Crippen LogP contribution in [-0.4, -0.2) is 177 Å². The second-order valence-electron chi connectivity index (χ2n) is 22.5. The third-order valence-electron chi connectivity index (χ3n) is 18.6. The SMILES string of the molecule is CC[C@@H](C)[C@@H](O)C(=O)O[C@H]1CO[C@H](O[C@@H]2C[C@H](O)CC3=CCC4C5CC6OC7(CC[C@@H](C)CO7)[C@@H](C)C6[C@@]5(C)CCC4[C@]32C)[C@H](O[C@H]2O[C@@H](C)[C@H](O)[C@@H](O)[C@H]2O)[C@H]1O[C@@H]1OC[C@@H](O)[C@H](O)[C@H]1O. The van der Waals surface area contributed by atoms with Crippen LogP contribution in [0.25, 0.3) is 0 Å². The van der Waals surface area contributed by atoms with Crippen molar-refractivity contribution in [3.63, 3.8) is 0 Å². The van der Waals surface area contributed by atoms with Crippen molar-refractivity contribution in [2.75, 3.05) is 19.8 Å². The van der Waals surface area contributed by atoms with Gasteiger partial charge in [-0.2, -0.15) is 0 Å². The molecule has 27 atom stereocenters. The van der Waals surface area contributed by atoms with E-state index in [0.717, 1.165) is 44.1 Å². The van der Waals surface area contributed by atoms with Crippen molar-refractivity contribution in [1.82, 2.24) is 0 Å². The van der Waals surface area contributed by atoms with E-state index in [4.69, 9.17) is 42.6 Å². The van der Waals surface area contributed by atoms with E-state index in [0.29, 0.717) is 43.1 Å². The van der Waals surface area contributed by atoms with E-state index in [9.17, 15) is 45.6 Å². The van der Waals surface area contributed by atoms with Crippen molar-refractivity contribution in [3.8, 4) is 0 Å². The van der Waals surface area contributed by atoms with E-state index < -0.39 is 128 Å². The van der Waals surface area contributed by atoms with Gasteiger partial charge in [0.05, 0.1) is 44.2 Å². The highest BCUT2D eigenvalue weighted by molar-refractivity contribution is 5.75. The lowest BCUT2D eigenvalue weighted by molar-refractivity contribution is -0.382. The number of ether oxygens (including phenoxy) is 9. The molecule has 5 saturated heterocycles. The van der Waals surface area contributed by atoms with Gasteiger partial charge in [0.1, 0.15) is 48.8 Å². The fourth-order valence-corrected chi connectivity index (χ4v) is 14.3. The molecule has 18 nitrogen and oxygen atoms in total. The first-order valence-electron chi connectivity index (χ1n) is 25.2. The number of esters is 1. The summed E-state index contributed by atoms with van der Waals surface area (Å²) in [5.74, 6) is -0.0460. The maximum absolute atomic E-state index is 13.5. The number of rotatable bonds is 10. The first-order valence-corrected chi connectivity index (χ1v) is 25.2. The van der Waals surface area contributed by atoms with Crippen molar-refractivity contribution in [2.24, 2.45) is 52.3 Å². The van der Waals surface area contributed by atoms with Gasteiger partial charge in [-0.1, -0.05) is 59.6 Å². The zero-order chi connectivity index (χ0) is 48.1. The normalized spacial score (nSPS) is 54.0. The summed E-state index contributed by atoms with van der Waals surface area (Å²) in [5, 5.41) is 87.3. The van der Waals surface area contributed by atoms with Crippen LogP contribution >= 0.6 is 0 Å². The van der Waals surface area contributed by atoms with E-state index in [1.165, 1.54) is 6.92 Å². The van der Waals surface area contributed by atoms with E-state index >= 15 is 0 Å². The minimum Gasteiger partial charge on any atom is -0.455 e. The molecule has 0 aromatic rings. The van der Waals surface area contributed by atoms with Crippen LogP contribution in [0.5, 0.6) is 0 Å². The summed E-state index contributed by atoms with van der Waals surface area (Å²) in [6, 6.07) is 0. The number of aliphatic hydroxyl groups is 8. The summed E-state index contributed by atoms with van der Waals surface area (Å²) < 4.78 is 57.6. The summed E-state index contributed by atoms with van der Waals surface area (Å²) in [4.78, 5) is 13.5. The van der Waals surface area contributed by atoms with Gasteiger partial charge in [-0.3, -0.25) is 0 Å². The summed E-state index contributed by atoms with van der Waals surface area (Å²) in [6.07, 6.45) is -13.6. The Morgan fingerprint density at radius 2 is 1.54 bits per heavy atom. The van der Waals surface area contributed by atoms with Crippen LogP contribution < -0.4 is 0 Å². The van der Waals surface area contributed by atoms with E-state index in [1.54, 1.807) is 6.92 Å². The predicted molar refractivity (Wildman–Crippen MR) is 233 cm³/mol. The van der Waals surface area contributed by atoms with E-state index in [-0.39, 0.29) is 36.4 Å². The monoisotopic (exact) mass is 955 g/mol. The molecule has 67 heavy (non-hydrogen) atoms. The van der Waals surface area contributed by atoms with Gasteiger partial charge in [-0.05, 0) is 86.4 Å². The number of hydrogen-bond acceptors (Lipinski definition) is 18. The second-order valence-corrected chi connectivity index (χ2v) is 22.5. The highest BCUT2D eigenvalue weighted by Crippen LogP contribution is 2.71. The summed E-state index contributed by atoms with van der Waals surface area (Å²) in [7, 11) is 0. The van der Waals surface area contributed by atoms with E-state index in [1.807, 2.05) is 6.92 Å². The predicted octanol–water partition coefficient (Wildman–Crippen LogP) is 1.42. The van der Waals surface area contributed by atoms with Crippen LogP contribution in [0.2, 0.25) is 0 Å². The molecule has 8 N–H and O–H groups in total. The molecule has 1 spiro atoms. The highest BCUT2D eigenvalue weighted by Gasteiger charge is 2.70. The van der Waals surface area contributed by atoms with Gasteiger partial charge in [0, 0.05) is 24.2 Å². The van der Waals surface area contributed by atoms with Crippen molar-refractivity contribution in [3.05, 3.63) is 11.6 Å². The third-order valence-corrected chi connectivity index (χ3v) is 18.6. The molecule has 5 aliphatic heterocycles. The molecule has 0 amide bonds. The smallest absolute Gasteiger partial charge is 0.335 e. The van der Waals surface area contributed by atoms with Crippen molar-refractivity contribution >= 4 is 5.97 Å². The van der Waals surface area contributed by atoms with Gasteiger partial charge in [0.2, 0.25) is 0 Å². The molecule has 0 aromatic heterocycles. The molecule has 18 heteroatoms. The van der Waals surface area contributed by atoms with Crippen LogP contribution in [0.15, 0.2) is 11.6 Å². The van der Waals surface area contributed by atoms with Gasteiger partial charge in [0.25, 0.3) is 0 Å². The summed E-state index contributed by atoms with van der Waals surface area (Å²) >= 11 is 0. The number of carbonyl (C=O) groups excluding carboxylic acids is 1. The molecule has 3 saturated carbocycles. The summed E-state index contributed by atoms with van der Waals surface area (Å²) in [6.45, 7) is 14.2. The molecule has 5 heterocycles. The fraction of sp³-hybridized carbons (Fsp3) is 0.939. The van der Waals surface area contributed by atoms with Crippen LogP contribution in [0.3, 0.4) is 0 Å². The highest BCUT2D eigenvalue weighted by atomic mass is 16.8. The van der Waals surface area contributed by atoms with Gasteiger partial charge >= 0.3 is 5.97 Å². The van der Waals surface area contributed by atoms with Gasteiger partial charge in [-0.25, -0.2) is 4.79 Å². The average Bonchev–Trinajstić information content (AvgIpc) is 3.75. The number of carbonyl (C=O) groups is 1. The molecule has 4 aliphatic carbocycles. The maximum atomic E-state index is 13.5. The lowest BCUT2D eigenvalue weighted by atomic mass is 9.46. The zero-order valence-corrected chi connectivity index (χ0v) is 40.1. The fourth-order valence-electron chi connectivity index (χ4n) is 14.3. The zero-order valence-electron chi connectivity index (χ0n) is 40.1. The maximum Gasteiger partial charge on any atom is 0.335 e. The van der Waals surface area contributed by atoms with Crippen LogP contribution in [0.4, 0.5) is 0 Å². The molecule has 8 fully saturated rings. The standard InChI is InChI=1S/C49H78O18/c1-8-22(3)35(52)43(58)63-32-20-60-46(42(66-45-40(57)38(55)36(53)24(5)62-45)41(32)65-44-39(56)37(54)30(51)19-59-44)64-33-16-26(50)15-25-9-10-27-28(48(25,33)7)12-13-47(6)29(27)17-31-34(47)23(4)49(67-31)14-11-21(2)18-61-49/h9,21-24,26-42,44-46,50-57H,8,10-20H2,1-7H3/t21-,22-,23+,24+,26-,27?,28?,29?,30-,31?,32+,33-,34?,35-,36+,37+,38-,39-,40-,41+,42-,44+,45-,46-,47+,48+,49?/m1/s1. The van der Waals surface area contributed by atoms with Gasteiger partial charge in [-0.15, -0.1) is 0 Å². The van der Waals surface area contributed by atoms with Crippen LogP contribution in [0, 0.1) is 52.3 Å². The molecule has 6 unspecified atom stereocenters. The Kier molecular flexibility index (Phi) is 14.5. The average molecular weight is 955 g/mol. The van der Waals surface area contributed by atoms with Crippen molar-refractivity contribution < 1.29 is 88.3 Å². The number of aliphatic hydroxyl groups excluding tert-OH is 8. The Bertz CT molecular complexity index is 1780. The number of fused-ring (bicyclic) bond motifs is 7. The quantitative estimate of drug-likeness (QED) is 0.114. The Hall–Kier alpha value is -1.43. The number of hydrogen-bond donors (Lipinski definition) is 8. The van der Waals surface area contributed by atoms with Crippen LogP contribution in [-0.2, 0) is 47.4 Å².